The molecule has 0 radical (unpaired) electrons. The van der Waals surface area contributed by atoms with E-state index in [-0.39, 0.29) is 6.04 Å². The van der Waals surface area contributed by atoms with E-state index in [9.17, 15) is 8.42 Å². The number of nitrogens with zero attached hydrogens (tertiary/aromatic N) is 1. The van der Waals surface area contributed by atoms with Crippen LogP contribution in [-0.4, -0.2) is 43.6 Å². The molecule has 2 fully saturated rings. The molecule has 14 heavy (non-hydrogen) atoms. The van der Waals surface area contributed by atoms with Crippen molar-refractivity contribution in [1.29, 1.82) is 0 Å². The number of hydrogen-bond donors (Lipinski definition) is 1. The molecule has 2 heterocycles. The van der Waals surface area contributed by atoms with Gasteiger partial charge in [0.2, 0.25) is 10.0 Å². The van der Waals surface area contributed by atoms with Crippen molar-refractivity contribution in [1.82, 2.24) is 9.62 Å². The Balaban J connectivity index is 2.01. The van der Waals surface area contributed by atoms with Crippen LogP contribution in [0.25, 0.3) is 0 Å². The molecule has 1 N–H and O–H groups in total. The molecular weight excluding hydrogens is 200 g/mol. The molecule has 2 bridgehead atoms. The van der Waals surface area contributed by atoms with Crippen LogP contribution >= 0.6 is 0 Å². The third-order valence-electron chi connectivity index (χ3n) is 3.12. The molecule has 0 aliphatic carbocycles. The summed E-state index contributed by atoms with van der Waals surface area (Å²) in [5.74, 6) is 0.326. The van der Waals surface area contributed by atoms with E-state index in [1.54, 1.807) is 4.31 Å². The topological polar surface area (TPSA) is 49.4 Å². The summed E-state index contributed by atoms with van der Waals surface area (Å²) >= 11 is 0. The summed E-state index contributed by atoms with van der Waals surface area (Å²) in [5, 5.41) is 3.31. The van der Waals surface area contributed by atoms with Crippen molar-refractivity contribution in [2.24, 2.45) is 0 Å². The van der Waals surface area contributed by atoms with E-state index in [0.717, 1.165) is 25.8 Å². The number of hydrogen-bond acceptors (Lipinski definition) is 3. The van der Waals surface area contributed by atoms with E-state index in [2.05, 4.69) is 5.32 Å². The van der Waals surface area contributed by atoms with E-state index in [0.29, 0.717) is 18.3 Å². The van der Waals surface area contributed by atoms with Gasteiger partial charge in [0.25, 0.3) is 0 Å². The van der Waals surface area contributed by atoms with Crippen LogP contribution in [0, 0.1) is 0 Å². The Morgan fingerprint density at radius 3 is 2.79 bits per heavy atom. The number of piperazine rings is 1. The van der Waals surface area contributed by atoms with Crippen LogP contribution in [0.3, 0.4) is 0 Å². The van der Waals surface area contributed by atoms with E-state index in [1.807, 2.05) is 6.92 Å². The van der Waals surface area contributed by atoms with Crippen LogP contribution in [0.1, 0.15) is 26.2 Å². The molecule has 2 atom stereocenters. The predicted molar refractivity (Wildman–Crippen MR) is 55.6 cm³/mol. The normalized spacial score (nSPS) is 32.6. The third kappa shape index (κ3) is 1.81. The zero-order chi connectivity index (χ0) is 10.2. The van der Waals surface area contributed by atoms with Crippen molar-refractivity contribution < 1.29 is 8.42 Å². The van der Waals surface area contributed by atoms with Gasteiger partial charge in [0.1, 0.15) is 0 Å². The molecule has 0 amide bonds. The molecule has 0 aromatic heterocycles. The highest BCUT2D eigenvalue weighted by molar-refractivity contribution is 7.89. The average molecular weight is 218 g/mol. The standard InChI is InChI=1S/C9H18N2O2S/c1-2-3-4-14(12,13)11-7-8-5-9(11)6-10-8/h8-10H,2-7H2,1H3. The van der Waals surface area contributed by atoms with Gasteiger partial charge in [-0.25, -0.2) is 8.42 Å². The van der Waals surface area contributed by atoms with Gasteiger partial charge < -0.3 is 5.32 Å². The molecule has 4 nitrogen and oxygen atoms in total. The average Bonchev–Trinajstić information content (AvgIpc) is 2.75. The molecule has 82 valence electrons. The van der Waals surface area contributed by atoms with Crippen LogP contribution in [-0.2, 0) is 10.0 Å². The molecule has 2 rings (SSSR count). The fourth-order valence-corrected chi connectivity index (χ4v) is 4.22. The monoisotopic (exact) mass is 218 g/mol. The lowest BCUT2D eigenvalue weighted by Gasteiger charge is -2.26. The summed E-state index contributed by atoms with van der Waals surface area (Å²) in [6, 6.07) is 0.651. The Kier molecular flexibility index (Phi) is 2.81. The van der Waals surface area contributed by atoms with Crippen molar-refractivity contribution >= 4 is 10.0 Å². The van der Waals surface area contributed by atoms with Crippen LogP contribution in [0.4, 0.5) is 0 Å². The Bertz CT molecular complexity index is 302. The van der Waals surface area contributed by atoms with Crippen molar-refractivity contribution in [3.05, 3.63) is 0 Å². The van der Waals surface area contributed by atoms with E-state index in [4.69, 9.17) is 0 Å². The van der Waals surface area contributed by atoms with Crippen LogP contribution < -0.4 is 5.32 Å². The quantitative estimate of drug-likeness (QED) is 0.731. The van der Waals surface area contributed by atoms with E-state index >= 15 is 0 Å². The summed E-state index contributed by atoms with van der Waals surface area (Å²) in [4.78, 5) is 0. The minimum absolute atomic E-state index is 0.238. The van der Waals surface area contributed by atoms with Gasteiger partial charge in [0.15, 0.2) is 0 Å². The van der Waals surface area contributed by atoms with Gasteiger partial charge in [0, 0.05) is 25.2 Å². The Morgan fingerprint density at radius 1 is 1.50 bits per heavy atom. The first kappa shape index (κ1) is 10.4. The van der Waals surface area contributed by atoms with E-state index < -0.39 is 10.0 Å². The summed E-state index contributed by atoms with van der Waals surface area (Å²) in [6.45, 7) is 3.56. The molecule has 5 heteroatoms. The number of sulfonamides is 1. The molecule has 0 spiro atoms. The summed E-state index contributed by atoms with van der Waals surface area (Å²) in [7, 11) is -2.96. The third-order valence-corrected chi connectivity index (χ3v) is 5.09. The second-order valence-electron chi connectivity index (χ2n) is 4.23. The first-order valence-electron chi connectivity index (χ1n) is 5.36. The van der Waals surface area contributed by atoms with Crippen molar-refractivity contribution in [2.45, 2.75) is 38.3 Å². The second-order valence-corrected chi connectivity index (χ2v) is 6.28. The molecule has 0 saturated carbocycles. The lowest BCUT2D eigenvalue weighted by atomic mass is 10.2. The van der Waals surface area contributed by atoms with Crippen LogP contribution in [0.15, 0.2) is 0 Å². The zero-order valence-corrected chi connectivity index (χ0v) is 9.39. The molecule has 0 aromatic carbocycles. The molecule has 2 saturated heterocycles. The molecule has 2 aliphatic rings. The summed E-state index contributed by atoms with van der Waals surface area (Å²) in [6.07, 6.45) is 2.73. The highest BCUT2D eigenvalue weighted by Crippen LogP contribution is 2.26. The Morgan fingerprint density at radius 2 is 2.29 bits per heavy atom. The highest BCUT2D eigenvalue weighted by Gasteiger charge is 2.43. The van der Waals surface area contributed by atoms with Crippen molar-refractivity contribution in [3.8, 4) is 0 Å². The molecule has 2 aliphatic heterocycles. The van der Waals surface area contributed by atoms with Crippen LogP contribution in [0.2, 0.25) is 0 Å². The number of fused-ring (bicyclic) bond motifs is 2. The van der Waals surface area contributed by atoms with E-state index in [1.165, 1.54) is 0 Å². The van der Waals surface area contributed by atoms with Crippen molar-refractivity contribution in [2.75, 3.05) is 18.8 Å². The first-order chi connectivity index (χ1) is 6.63. The van der Waals surface area contributed by atoms with Gasteiger partial charge >= 0.3 is 0 Å². The summed E-state index contributed by atoms with van der Waals surface area (Å²) < 4.78 is 25.5. The van der Waals surface area contributed by atoms with Gasteiger partial charge in [-0.2, -0.15) is 4.31 Å². The molecule has 0 aromatic rings. The zero-order valence-electron chi connectivity index (χ0n) is 8.57. The van der Waals surface area contributed by atoms with Crippen molar-refractivity contribution in [3.63, 3.8) is 0 Å². The lowest BCUT2D eigenvalue weighted by Crippen LogP contribution is -2.47. The van der Waals surface area contributed by atoms with Gasteiger partial charge in [0.05, 0.1) is 5.75 Å². The minimum atomic E-state index is -2.96. The first-order valence-corrected chi connectivity index (χ1v) is 6.97. The molecular formula is C9H18N2O2S. The maximum absolute atomic E-state index is 11.9. The Labute approximate surface area is 85.7 Å². The SMILES string of the molecule is CCCCS(=O)(=O)N1CC2CC1CN2. The van der Waals surface area contributed by atoms with Gasteiger partial charge in [-0.05, 0) is 12.8 Å². The van der Waals surface area contributed by atoms with Gasteiger partial charge in [-0.1, -0.05) is 13.3 Å². The number of unbranched alkanes of at least 4 members (excludes halogenated alkanes) is 1. The van der Waals surface area contributed by atoms with Crippen LogP contribution in [0.5, 0.6) is 0 Å². The second kappa shape index (κ2) is 3.79. The number of nitrogens with one attached hydrogen (secondary N) is 1. The lowest BCUT2D eigenvalue weighted by molar-refractivity contribution is 0.348. The largest absolute Gasteiger partial charge is 0.311 e. The predicted octanol–water partition coefficient (Wildman–Crippen LogP) is 0.162. The fraction of sp³-hybridized carbons (Fsp3) is 1.00. The van der Waals surface area contributed by atoms with Gasteiger partial charge in [-0.3, -0.25) is 0 Å². The summed E-state index contributed by atoms with van der Waals surface area (Å²) in [5.41, 5.74) is 0. The molecule has 2 unspecified atom stereocenters. The maximum atomic E-state index is 11.9. The minimum Gasteiger partial charge on any atom is -0.311 e. The maximum Gasteiger partial charge on any atom is 0.214 e. The number of rotatable bonds is 4. The Hall–Kier alpha value is -0.130. The highest BCUT2D eigenvalue weighted by atomic mass is 32.2. The van der Waals surface area contributed by atoms with Gasteiger partial charge in [-0.15, -0.1) is 0 Å². The fourth-order valence-electron chi connectivity index (χ4n) is 2.31. The smallest absolute Gasteiger partial charge is 0.214 e.